The van der Waals surface area contributed by atoms with E-state index in [0.29, 0.717) is 45.7 Å². The van der Waals surface area contributed by atoms with Crippen molar-refractivity contribution >= 4 is 45.6 Å². The largest absolute Gasteiger partial charge is 0.337 e. The Bertz CT molecular complexity index is 1340. The quantitative estimate of drug-likeness (QED) is 0.444. The van der Waals surface area contributed by atoms with Gasteiger partial charge in [0.15, 0.2) is 5.82 Å². The van der Waals surface area contributed by atoms with Crippen molar-refractivity contribution in [2.75, 3.05) is 30.8 Å². The van der Waals surface area contributed by atoms with Crippen LogP contribution in [-0.4, -0.2) is 40.9 Å². The number of benzene rings is 2. The van der Waals surface area contributed by atoms with Crippen LogP contribution in [0.25, 0.3) is 10.9 Å². The molecule has 33 heavy (non-hydrogen) atoms. The molecule has 0 radical (unpaired) electrons. The third-order valence-electron chi connectivity index (χ3n) is 6.17. The van der Waals surface area contributed by atoms with Crippen molar-refractivity contribution in [1.82, 2.24) is 14.9 Å². The van der Waals surface area contributed by atoms with E-state index in [1.165, 1.54) is 18.5 Å². The molecule has 3 atom stereocenters. The molecule has 166 valence electrons. The van der Waals surface area contributed by atoms with Crippen molar-refractivity contribution in [1.29, 1.82) is 0 Å². The number of carbonyl (C=O) groups excluding carboxylic acids is 1. The Morgan fingerprint density at radius 2 is 2.06 bits per heavy atom. The zero-order valence-corrected chi connectivity index (χ0v) is 18.7. The Hall–Kier alpha value is -3.47. The van der Waals surface area contributed by atoms with Gasteiger partial charge in [0.2, 0.25) is 5.91 Å². The molecule has 1 aliphatic heterocycles. The van der Waals surface area contributed by atoms with E-state index < -0.39 is 5.82 Å². The standard InChI is InChI=1S/C25H21ClFN5O/c1-3-23(33)30-21-10-16-22(9-14(21)7-8-15-17-11-32(2)12-18(15)17)28-13-29-25(16)31-20-6-4-5-19(26)24(20)27/h3-6,9-10,13,15,17-18H,1,11-12H2,2H3,(H,30,33)(H,28,29,31)/t15-,17+,18-. The zero-order valence-electron chi connectivity index (χ0n) is 17.9. The topological polar surface area (TPSA) is 70.1 Å². The fraction of sp³-hybridized carbons (Fsp3) is 0.240. The number of nitrogens with one attached hydrogen (secondary N) is 2. The van der Waals surface area contributed by atoms with Crippen LogP contribution in [0.4, 0.5) is 21.6 Å². The lowest BCUT2D eigenvalue weighted by molar-refractivity contribution is -0.111. The van der Waals surface area contributed by atoms with E-state index in [-0.39, 0.29) is 16.6 Å². The van der Waals surface area contributed by atoms with Crippen molar-refractivity contribution < 1.29 is 9.18 Å². The first kappa shape index (κ1) is 21.4. The number of amides is 1. The van der Waals surface area contributed by atoms with E-state index in [1.807, 2.05) is 6.07 Å². The fourth-order valence-corrected chi connectivity index (χ4v) is 4.61. The molecule has 1 amide bonds. The van der Waals surface area contributed by atoms with Crippen molar-refractivity contribution in [2.45, 2.75) is 0 Å². The van der Waals surface area contributed by atoms with E-state index in [9.17, 15) is 9.18 Å². The van der Waals surface area contributed by atoms with Gasteiger partial charge in [-0.05, 0) is 49.2 Å². The highest BCUT2D eigenvalue weighted by atomic mass is 35.5. The molecule has 2 heterocycles. The molecule has 5 rings (SSSR count). The average Bonchev–Trinajstić information content (AvgIpc) is 3.27. The fourth-order valence-electron chi connectivity index (χ4n) is 4.43. The number of carbonyl (C=O) groups is 1. The molecule has 0 unspecified atom stereocenters. The maximum absolute atomic E-state index is 14.4. The Labute approximate surface area is 195 Å². The second-order valence-electron chi connectivity index (χ2n) is 8.40. The number of rotatable bonds is 4. The summed E-state index contributed by atoms with van der Waals surface area (Å²) in [6, 6.07) is 8.24. The van der Waals surface area contributed by atoms with Gasteiger partial charge in [0.25, 0.3) is 0 Å². The summed E-state index contributed by atoms with van der Waals surface area (Å²) in [5, 5.41) is 6.41. The first-order chi connectivity index (χ1) is 15.9. The first-order valence-electron chi connectivity index (χ1n) is 10.6. The minimum Gasteiger partial charge on any atom is -0.337 e. The highest BCUT2D eigenvalue weighted by Crippen LogP contribution is 2.50. The molecule has 2 fully saturated rings. The molecule has 2 aromatic carbocycles. The van der Waals surface area contributed by atoms with Crippen LogP contribution in [0.1, 0.15) is 5.56 Å². The molecule has 2 aliphatic rings. The number of likely N-dealkylation sites (tertiary alicyclic amines) is 1. The lowest BCUT2D eigenvalue weighted by atomic mass is 10.1. The lowest BCUT2D eigenvalue weighted by Gasteiger charge is -2.13. The van der Waals surface area contributed by atoms with Crippen molar-refractivity contribution in [2.24, 2.45) is 17.8 Å². The third kappa shape index (κ3) is 4.15. The average molecular weight is 462 g/mol. The Morgan fingerprint density at radius 1 is 1.27 bits per heavy atom. The molecule has 1 saturated heterocycles. The van der Waals surface area contributed by atoms with Crippen molar-refractivity contribution in [3.63, 3.8) is 0 Å². The van der Waals surface area contributed by atoms with Crippen LogP contribution in [0.15, 0.2) is 49.3 Å². The molecule has 0 bridgehead atoms. The summed E-state index contributed by atoms with van der Waals surface area (Å²) >= 11 is 5.90. The SMILES string of the molecule is C=CC(=O)Nc1cc2c(Nc3cccc(Cl)c3F)ncnc2cc1C#C[C@H]1[C@H]2CN(C)C[C@@H]12. The molecule has 0 spiro atoms. The minimum atomic E-state index is -0.575. The maximum Gasteiger partial charge on any atom is 0.247 e. The van der Waals surface area contributed by atoms with E-state index >= 15 is 0 Å². The summed E-state index contributed by atoms with van der Waals surface area (Å²) in [7, 11) is 2.13. The van der Waals surface area contributed by atoms with Gasteiger partial charge >= 0.3 is 0 Å². The van der Waals surface area contributed by atoms with E-state index in [0.717, 1.165) is 13.1 Å². The number of nitrogens with zero attached hydrogens (tertiary/aromatic N) is 3. The predicted octanol–water partition coefficient (Wildman–Crippen LogP) is 4.45. The van der Waals surface area contributed by atoms with Gasteiger partial charge in [-0.3, -0.25) is 4.79 Å². The second-order valence-corrected chi connectivity index (χ2v) is 8.81. The number of piperidine rings is 1. The zero-order chi connectivity index (χ0) is 23.1. The molecule has 2 N–H and O–H groups in total. The molecular weight excluding hydrogens is 441 g/mol. The maximum atomic E-state index is 14.4. The van der Waals surface area contributed by atoms with Gasteiger partial charge in [-0.2, -0.15) is 0 Å². The van der Waals surface area contributed by atoms with Gasteiger partial charge in [0.1, 0.15) is 12.1 Å². The molecule has 1 saturated carbocycles. The normalized spacial score (nSPS) is 21.1. The Morgan fingerprint density at radius 3 is 2.82 bits per heavy atom. The number of aromatic nitrogens is 2. The van der Waals surface area contributed by atoms with Crippen LogP contribution in [0.5, 0.6) is 0 Å². The summed E-state index contributed by atoms with van der Waals surface area (Å²) in [4.78, 5) is 23.0. The third-order valence-corrected chi connectivity index (χ3v) is 6.46. The number of anilines is 3. The summed E-state index contributed by atoms with van der Waals surface area (Å²) in [6.45, 7) is 5.67. The van der Waals surface area contributed by atoms with Gasteiger partial charge in [-0.15, -0.1) is 0 Å². The molecule has 6 nitrogen and oxygen atoms in total. The lowest BCUT2D eigenvalue weighted by Crippen LogP contribution is -2.18. The molecule has 1 aliphatic carbocycles. The van der Waals surface area contributed by atoms with Crippen LogP contribution in [0.3, 0.4) is 0 Å². The first-order valence-corrected chi connectivity index (χ1v) is 11.0. The van der Waals surface area contributed by atoms with Crippen LogP contribution in [-0.2, 0) is 4.79 Å². The summed E-state index contributed by atoms with van der Waals surface area (Å²) in [5.41, 5.74) is 1.99. The smallest absolute Gasteiger partial charge is 0.247 e. The van der Waals surface area contributed by atoms with Crippen LogP contribution in [0, 0.1) is 35.4 Å². The van der Waals surface area contributed by atoms with Crippen LogP contribution in [0.2, 0.25) is 5.02 Å². The van der Waals surface area contributed by atoms with E-state index in [2.05, 4.69) is 51.0 Å². The van der Waals surface area contributed by atoms with Gasteiger partial charge in [-0.25, -0.2) is 14.4 Å². The number of hydrogen-bond donors (Lipinski definition) is 2. The molecule has 1 aromatic heterocycles. The van der Waals surface area contributed by atoms with Crippen molar-refractivity contribution in [3.8, 4) is 11.8 Å². The highest BCUT2D eigenvalue weighted by Gasteiger charge is 2.53. The van der Waals surface area contributed by atoms with Gasteiger partial charge in [0.05, 0.1) is 27.5 Å². The summed E-state index contributed by atoms with van der Waals surface area (Å²) in [5.74, 6) is 7.72. The molecule has 8 heteroatoms. The second kappa shape index (κ2) is 8.47. The van der Waals surface area contributed by atoms with Gasteiger partial charge in [-0.1, -0.05) is 36.1 Å². The Kier molecular flexibility index (Phi) is 5.49. The van der Waals surface area contributed by atoms with E-state index in [1.54, 1.807) is 18.2 Å². The van der Waals surface area contributed by atoms with E-state index in [4.69, 9.17) is 11.6 Å². The summed E-state index contributed by atoms with van der Waals surface area (Å²) in [6.07, 6.45) is 2.60. The number of hydrogen-bond acceptors (Lipinski definition) is 5. The highest BCUT2D eigenvalue weighted by molar-refractivity contribution is 6.31. The van der Waals surface area contributed by atoms with Gasteiger partial charge in [0, 0.05) is 24.4 Å². The van der Waals surface area contributed by atoms with Crippen molar-refractivity contribution in [3.05, 3.63) is 65.7 Å². The molecule has 3 aromatic rings. The van der Waals surface area contributed by atoms with Gasteiger partial charge < -0.3 is 15.5 Å². The summed E-state index contributed by atoms with van der Waals surface area (Å²) < 4.78 is 14.4. The number of fused-ring (bicyclic) bond motifs is 2. The molecular formula is C25H21ClFN5O. The van der Waals surface area contributed by atoms with Crippen LogP contribution < -0.4 is 10.6 Å². The predicted molar refractivity (Wildman–Crippen MR) is 128 cm³/mol. The number of halogens is 2. The monoisotopic (exact) mass is 461 g/mol. The Balaban J connectivity index is 1.53. The minimum absolute atomic E-state index is 0.00546. The van der Waals surface area contributed by atoms with Crippen LogP contribution >= 0.6 is 11.6 Å².